The van der Waals surface area contributed by atoms with Crippen LogP contribution >= 0.6 is 0 Å². The predicted octanol–water partition coefficient (Wildman–Crippen LogP) is 6.50. The molecule has 3 aromatic carbocycles. The Morgan fingerprint density at radius 1 is 1.00 bits per heavy atom. The summed E-state index contributed by atoms with van der Waals surface area (Å²) >= 11 is 0. The van der Waals surface area contributed by atoms with Crippen LogP contribution in [0.3, 0.4) is 0 Å². The van der Waals surface area contributed by atoms with Crippen LogP contribution in [0.15, 0.2) is 85.1 Å². The predicted molar refractivity (Wildman–Crippen MR) is 120 cm³/mol. The Balaban J connectivity index is 1.21. The average molecular weight is 414 g/mol. The zero-order valence-corrected chi connectivity index (χ0v) is 17.2. The molecule has 1 aliphatic heterocycles. The molecular formula is C26H23FN2O2. The number of nitrogens with zero attached hydrogens (tertiary/aromatic N) is 1. The minimum atomic E-state index is -0.276. The summed E-state index contributed by atoms with van der Waals surface area (Å²) in [4.78, 5) is 4.49. The quantitative estimate of drug-likeness (QED) is 0.351. The van der Waals surface area contributed by atoms with Crippen molar-refractivity contribution in [2.75, 3.05) is 5.32 Å². The Hall–Kier alpha value is -3.44. The molecule has 1 unspecified atom stereocenters. The fourth-order valence-corrected chi connectivity index (χ4v) is 3.83. The van der Waals surface area contributed by atoms with E-state index in [9.17, 15) is 4.39 Å². The van der Waals surface area contributed by atoms with E-state index in [0.29, 0.717) is 11.7 Å². The Kier molecular flexibility index (Phi) is 5.26. The van der Waals surface area contributed by atoms with E-state index in [2.05, 4.69) is 35.4 Å². The van der Waals surface area contributed by atoms with Gasteiger partial charge in [0, 0.05) is 11.6 Å². The van der Waals surface area contributed by atoms with E-state index in [0.717, 1.165) is 28.8 Å². The van der Waals surface area contributed by atoms with E-state index in [4.69, 9.17) is 9.47 Å². The van der Waals surface area contributed by atoms with E-state index >= 15 is 0 Å². The van der Waals surface area contributed by atoms with Crippen molar-refractivity contribution in [1.29, 1.82) is 0 Å². The van der Waals surface area contributed by atoms with Crippen LogP contribution in [0.2, 0.25) is 0 Å². The highest BCUT2D eigenvalue weighted by Crippen LogP contribution is 2.35. The number of anilines is 1. The third-order valence-electron chi connectivity index (χ3n) is 5.58. The van der Waals surface area contributed by atoms with E-state index in [-0.39, 0.29) is 18.1 Å². The van der Waals surface area contributed by atoms with Crippen molar-refractivity contribution in [3.05, 3.63) is 96.4 Å². The molecular weight excluding hydrogens is 391 g/mol. The molecule has 1 aromatic heterocycles. The molecule has 2 heterocycles. The van der Waals surface area contributed by atoms with Gasteiger partial charge in [-0.25, -0.2) is 4.39 Å². The molecule has 3 atom stereocenters. The number of rotatable bonds is 7. The smallest absolute Gasteiger partial charge is 0.154 e. The van der Waals surface area contributed by atoms with Crippen molar-refractivity contribution >= 4 is 16.6 Å². The molecule has 1 aliphatic rings. The number of pyridine rings is 1. The van der Waals surface area contributed by atoms with Gasteiger partial charge in [0.1, 0.15) is 23.4 Å². The Bertz CT molecular complexity index is 1190. The van der Waals surface area contributed by atoms with Gasteiger partial charge in [0.15, 0.2) is 6.23 Å². The lowest BCUT2D eigenvalue weighted by molar-refractivity contribution is 0.364. The van der Waals surface area contributed by atoms with Crippen molar-refractivity contribution in [2.24, 2.45) is 0 Å². The summed E-state index contributed by atoms with van der Waals surface area (Å²) in [6.07, 6.45) is 2.85. The van der Waals surface area contributed by atoms with Crippen molar-refractivity contribution in [3.8, 4) is 11.5 Å². The number of ether oxygens (including phenoxy) is 2. The van der Waals surface area contributed by atoms with Crippen LogP contribution in [-0.2, 0) is 4.74 Å². The maximum atomic E-state index is 13.1. The summed E-state index contributed by atoms with van der Waals surface area (Å²) in [5.74, 6) is 1.38. The van der Waals surface area contributed by atoms with Crippen molar-refractivity contribution in [2.45, 2.75) is 31.6 Å². The van der Waals surface area contributed by atoms with Gasteiger partial charge in [-0.15, -0.1) is 0 Å². The number of fused-ring (bicyclic) bond motifs is 1. The van der Waals surface area contributed by atoms with Gasteiger partial charge in [-0.3, -0.25) is 4.98 Å². The lowest BCUT2D eigenvalue weighted by Crippen LogP contribution is -2.10. The van der Waals surface area contributed by atoms with Gasteiger partial charge in [0.25, 0.3) is 0 Å². The highest BCUT2D eigenvalue weighted by Gasteiger charge is 2.40. The SMILES string of the molecule is C[C@@H](C[C@H]1OC1Nc1cccc2cccnc12)c1cccc(Oc2ccc(F)cc2)c1. The molecule has 0 radical (unpaired) electrons. The Labute approximate surface area is 180 Å². The number of hydrogen-bond acceptors (Lipinski definition) is 4. The third kappa shape index (κ3) is 4.52. The number of nitrogens with one attached hydrogen (secondary N) is 1. The highest BCUT2D eigenvalue weighted by molar-refractivity contribution is 5.90. The van der Waals surface area contributed by atoms with Crippen molar-refractivity contribution in [3.63, 3.8) is 0 Å². The van der Waals surface area contributed by atoms with Crippen LogP contribution < -0.4 is 10.1 Å². The molecule has 156 valence electrons. The summed E-state index contributed by atoms with van der Waals surface area (Å²) in [6, 6.07) is 24.2. The second-order valence-corrected chi connectivity index (χ2v) is 7.89. The van der Waals surface area contributed by atoms with Crippen LogP contribution in [0.25, 0.3) is 10.9 Å². The monoisotopic (exact) mass is 414 g/mol. The molecule has 0 amide bonds. The van der Waals surface area contributed by atoms with Crippen LogP contribution in [0.1, 0.15) is 24.8 Å². The van der Waals surface area contributed by atoms with Crippen LogP contribution in [0.5, 0.6) is 11.5 Å². The molecule has 1 saturated heterocycles. The van der Waals surface area contributed by atoms with E-state index in [1.54, 1.807) is 12.1 Å². The molecule has 1 N–H and O–H groups in total. The van der Waals surface area contributed by atoms with Crippen molar-refractivity contribution in [1.82, 2.24) is 4.98 Å². The van der Waals surface area contributed by atoms with Gasteiger partial charge in [-0.05, 0) is 66.4 Å². The fourth-order valence-electron chi connectivity index (χ4n) is 3.83. The molecule has 5 rings (SSSR count). The first-order chi connectivity index (χ1) is 15.2. The minimum Gasteiger partial charge on any atom is -0.457 e. The molecule has 0 aliphatic carbocycles. The number of hydrogen-bond donors (Lipinski definition) is 1. The maximum Gasteiger partial charge on any atom is 0.154 e. The summed E-state index contributed by atoms with van der Waals surface area (Å²) in [5.41, 5.74) is 3.13. The summed E-state index contributed by atoms with van der Waals surface area (Å²) in [6.45, 7) is 2.19. The third-order valence-corrected chi connectivity index (χ3v) is 5.58. The Morgan fingerprint density at radius 2 is 1.81 bits per heavy atom. The molecule has 4 nitrogen and oxygen atoms in total. The molecule has 1 fully saturated rings. The largest absolute Gasteiger partial charge is 0.457 e. The fraction of sp³-hybridized carbons (Fsp3) is 0.192. The van der Waals surface area contributed by atoms with Gasteiger partial charge in [0.2, 0.25) is 0 Å². The second-order valence-electron chi connectivity index (χ2n) is 7.89. The summed E-state index contributed by atoms with van der Waals surface area (Å²) < 4.78 is 24.9. The van der Waals surface area contributed by atoms with Gasteiger partial charge >= 0.3 is 0 Å². The van der Waals surface area contributed by atoms with Crippen LogP contribution in [0, 0.1) is 5.82 Å². The van der Waals surface area contributed by atoms with Gasteiger partial charge in [-0.1, -0.05) is 37.3 Å². The minimum absolute atomic E-state index is 0.00583. The van der Waals surface area contributed by atoms with Crippen LogP contribution in [0.4, 0.5) is 10.1 Å². The topological polar surface area (TPSA) is 46.7 Å². The summed E-state index contributed by atoms with van der Waals surface area (Å²) in [5, 5.41) is 4.58. The van der Waals surface area contributed by atoms with Gasteiger partial charge < -0.3 is 14.8 Å². The first-order valence-corrected chi connectivity index (χ1v) is 10.4. The Morgan fingerprint density at radius 3 is 2.68 bits per heavy atom. The van der Waals surface area contributed by atoms with Gasteiger partial charge in [-0.2, -0.15) is 0 Å². The van der Waals surface area contributed by atoms with Crippen LogP contribution in [-0.4, -0.2) is 17.3 Å². The normalized spacial score (nSPS) is 18.5. The zero-order chi connectivity index (χ0) is 21.2. The average Bonchev–Trinajstić information content (AvgIpc) is 3.53. The number of epoxide rings is 1. The lowest BCUT2D eigenvalue weighted by Gasteiger charge is -2.13. The number of para-hydroxylation sites is 1. The standard InChI is InChI=1S/C26H23FN2O2/c1-17(19-6-2-8-22(16-19)30-21-12-10-20(27)11-13-21)15-24-26(31-24)29-23-9-3-5-18-7-4-14-28-25(18)23/h2-14,16-17,24,26,29H,15H2,1H3/t17-,24+,26?/m0/s1. The number of halogens is 1. The number of benzene rings is 3. The maximum absolute atomic E-state index is 13.1. The second kappa shape index (κ2) is 8.36. The molecule has 31 heavy (non-hydrogen) atoms. The number of aromatic nitrogens is 1. The first kappa shape index (κ1) is 19.5. The van der Waals surface area contributed by atoms with E-state index < -0.39 is 0 Å². The van der Waals surface area contributed by atoms with Crippen molar-refractivity contribution < 1.29 is 13.9 Å². The van der Waals surface area contributed by atoms with E-state index in [1.165, 1.54) is 17.7 Å². The molecule has 0 bridgehead atoms. The summed E-state index contributed by atoms with van der Waals surface area (Å²) in [7, 11) is 0. The molecule has 4 aromatic rings. The zero-order valence-electron chi connectivity index (χ0n) is 17.2. The first-order valence-electron chi connectivity index (χ1n) is 10.4. The molecule has 0 spiro atoms. The highest BCUT2D eigenvalue weighted by atomic mass is 19.1. The van der Waals surface area contributed by atoms with E-state index in [1.807, 2.05) is 42.6 Å². The van der Waals surface area contributed by atoms with Gasteiger partial charge in [0.05, 0.1) is 11.2 Å². The lowest BCUT2D eigenvalue weighted by atomic mass is 9.96. The molecule has 0 saturated carbocycles. The molecule has 5 heteroatoms.